The van der Waals surface area contributed by atoms with Gasteiger partial charge in [0.15, 0.2) is 5.75 Å². The summed E-state index contributed by atoms with van der Waals surface area (Å²) in [5, 5.41) is 4.95. The lowest BCUT2D eigenvalue weighted by molar-refractivity contribution is 0.292. The van der Waals surface area contributed by atoms with E-state index in [1.807, 2.05) is 6.92 Å². The van der Waals surface area contributed by atoms with E-state index >= 15 is 0 Å². The maximum atomic E-state index is 11.4. The Bertz CT molecular complexity index is 495. The van der Waals surface area contributed by atoms with Gasteiger partial charge >= 0.3 is 0 Å². The first-order chi connectivity index (χ1) is 7.50. The Labute approximate surface area is 94.7 Å². The van der Waals surface area contributed by atoms with Crippen molar-refractivity contribution in [3.8, 4) is 5.75 Å². The van der Waals surface area contributed by atoms with Crippen LogP contribution in [0.5, 0.6) is 5.75 Å². The van der Waals surface area contributed by atoms with Crippen LogP contribution in [0.3, 0.4) is 0 Å². The summed E-state index contributed by atoms with van der Waals surface area (Å²) in [5.41, 5.74) is 0.687. The summed E-state index contributed by atoms with van der Waals surface area (Å²) >= 11 is 0. The Hall–Kier alpha value is -1.14. The van der Waals surface area contributed by atoms with Gasteiger partial charge in [0.25, 0.3) is 10.0 Å². The zero-order chi connectivity index (χ0) is 11.8. The van der Waals surface area contributed by atoms with Gasteiger partial charge in [-0.1, -0.05) is 6.92 Å². The highest BCUT2D eigenvalue weighted by Crippen LogP contribution is 2.30. The number of aromatic nitrogens is 1. The van der Waals surface area contributed by atoms with Crippen LogP contribution in [0.25, 0.3) is 0 Å². The van der Waals surface area contributed by atoms with Gasteiger partial charge in [-0.2, -0.15) is 0 Å². The fraction of sp³-hybridized carbons (Fsp3) is 0.500. The summed E-state index contributed by atoms with van der Waals surface area (Å²) in [6, 6.07) is 3.39. The molecule has 0 amide bonds. The molecule has 2 rings (SSSR count). The van der Waals surface area contributed by atoms with Gasteiger partial charge in [-0.05, 0) is 31.4 Å². The van der Waals surface area contributed by atoms with Crippen molar-refractivity contribution in [1.29, 1.82) is 0 Å². The van der Waals surface area contributed by atoms with Crippen LogP contribution >= 0.6 is 0 Å². The number of nitrogens with two attached hydrogens (primary N) is 1. The van der Waals surface area contributed by atoms with E-state index in [0.717, 1.165) is 12.8 Å². The summed E-state index contributed by atoms with van der Waals surface area (Å²) in [4.78, 5) is 4.01. The lowest BCUT2D eigenvalue weighted by Gasteiger charge is -2.09. The van der Waals surface area contributed by atoms with Crippen LogP contribution < -0.4 is 9.88 Å². The molecule has 2 N–H and O–H groups in total. The van der Waals surface area contributed by atoms with Gasteiger partial charge in [-0.3, -0.25) is 0 Å². The Morgan fingerprint density at radius 3 is 2.69 bits per heavy atom. The second-order valence-electron chi connectivity index (χ2n) is 3.82. The second kappa shape index (κ2) is 4.03. The van der Waals surface area contributed by atoms with Crippen LogP contribution in [0.1, 0.15) is 25.5 Å². The normalized spacial score (nSPS) is 16.1. The second-order valence-corrected chi connectivity index (χ2v) is 5.30. The van der Waals surface area contributed by atoms with E-state index in [0.29, 0.717) is 12.1 Å². The third-order valence-corrected chi connectivity index (χ3v) is 3.16. The minimum atomic E-state index is -3.82. The van der Waals surface area contributed by atoms with Crippen molar-refractivity contribution >= 4 is 10.0 Å². The molecule has 1 aliphatic carbocycles. The minimum Gasteiger partial charge on any atom is -0.487 e. The molecule has 6 heteroatoms. The number of primary sulfonamides is 1. The number of rotatable bonds is 4. The maximum absolute atomic E-state index is 11.4. The van der Waals surface area contributed by atoms with Crippen molar-refractivity contribution in [3.05, 3.63) is 17.8 Å². The highest BCUT2D eigenvalue weighted by Gasteiger charge is 2.27. The van der Waals surface area contributed by atoms with E-state index in [-0.39, 0.29) is 16.9 Å². The van der Waals surface area contributed by atoms with Crippen LogP contribution in [-0.2, 0) is 16.4 Å². The average Bonchev–Trinajstić information content (AvgIpc) is 3.01. The van der Waals surface area contributed by atoms with Crippen LogP contribution in [-0.4, -0.2) is 19.5 Å². The summed E-state index contributed by atoms with van der Waals surface area (Å²) < 4.78 is 28.2. The van der Waals surface area contributed by atoms with Crippen LogP contribution in [0, 0.1) is 0 Å². The van der Waals surface area contributed by atoms with E-state index < -0.39 is 10.0 Å². The molecule has 1 aliphatic rings. The molecule has 0 unspecified atom stereocenters. The minimum absolute atomic E-state index is 0.120. The highest BCUT2D eigenvalue weighted by molar-refractivity contribution is 7.89. The molecule has 16 heavy (non-hydrogen) atoms. The molecule has 1 fully saturated rings. The first-order valence-electron chi connectivity index (χ1n) is 5.20. The lowest BCUT2D eigenvalue weighted by Crippen LogP contribution is -2.17. The molecule has 1 aromatic rings. The summed E-state index contributed by atoms with van der Waals surface area (Å²) in [5.74, 6) is 0.266. The van der Waals surface area contributed by atoms with Crippen LogP contribution in [0.4, 0.5) is 0 Å². The number of aryl methyl sites for hydroxylation is 1. The molecule has 0 spiro atoms. The molecule has 5 nitrogen and oxygen atoms in total. The molecule has 0 atom stereocenters. The zero-order valence-corrected chi connectivity index (χ0v) is 9.83. The summed E-state index contributed by atoms with van der Waals surface area (Å²) in [6.45, 7) is 1.90. The average molecular weight is 242 g/mol. The Kier molecular flexibility index (Phi) is 2.86. The maximum Gasteiger partial charge on any atom is 0.259 e. The molecule has 0 aromatic carbocycles. The van der Waals surface area contributed by atoms with E-state index in [9.17, 15) is 8.42 Å². The number of nitrogens with zero attached hydrogens (tertiary/aromatic N) is 1. The number of pyridine rings is 1. The van der Waals surface area contributed by atoms with Crippen LogP contribution in [0.2, 0.25) is 0 Å². The smallest absolute Gasteiger partial charge is 0.259 e. The molecule has 0 radical (unpaired) electrons. The zero-order valence-electron chi connectivity index (χ0n) is 9.01. The number of hydrogen-bond acceptors (Lipinski definition) is 4. The van der Waals surface area contributed by atoms with Crippen molar-refractivity contribution in [3.63, 3.8) is 0 Å². The molecule has 1 heterocycles. The Balaban J connectivity index is 2.42. The predicted octanol–water partition coefficient (Wildman–Crippen LogP) is 0.833. The number of sulfonamides is 1. The highest BCUT2D eigenvalue weighted by atomic mass is 32.2. The molecular formula is C10H14N2O3S. The SMILES string of the molecule is CCc1ccc(OC2CC2)c(S(N)(=O)=O)n1. The van der Waals surface area contributed by atoms with E-state index in [1.165, 1.54) is 0 Å². The van der Waals surface area contributed by atoms with E-state index in [2.05, 4.69) is 4.98 Å². The van der Waals surface area contributed by atoms with Gasteiger partial charge in [-0.25, -0.2) is 18.5 Å². The Morgan fingerprint density at radius 2 is 2.19 bits per heavy atom. The third kappa shape index (κ3) is 2.51. The van der Waals surface area contributed by atoms with Gasteiger partial charge in [0.1, 0.15) is 0 Å². The van der Waals surface area contributed by atoms with Gasteiger partial charge in [0, 0.05) is 5.69 Å². The topological polar surface area (TPSA) is 82.3 Å². The van der Waals surface area contributed by atoms with Crippen molar-refractivity contribution in [2.45, 2.75) is 37.3 Å². The van der Waals surface area contributed by atoms with Gasteiger partial charge < -0.3 is 4.74 Å². The van der Waals surface area contributed by atoms with Gasteiger partial charge in [0.2, 0.25) is 5.03 Å². The standard InChI is InChI=1S/C10H14N2O3S/c1-2-7-3-6-9(15-8-4-5-8)10(12-7)16(11,13)14/h3,6,8H,2,4-5H2,1H3,(H2,11,13,14). The number of ether oxygens (including phenoxy) is 1. The monoisotopic (exact) mass is 242 g/mol. The first kappa shape index (κ1) is 11.3. The quantitative estimate of drug-likeness (QED) is 0.847. The van der Waals surface area contributed by atoms with Crippen molar-refractivity contribution in [2.24, 2.45) is 5.14 Å². The van der Waals surface area contributed by atoms with Crippen LogP contribution in [0.15, 0.2) is 17.2 Å². The molecule has 1 saturated carbocycles. The third-order valence-electron chi connectivity index (χ3n) is 2.33. The van der Waals surface area contributed by atoms with E-state index in [4.69, 9.17) is 9.88 Å². The van der Waals surface area contributed by atoms with Gasteiger partial charge in [-0.15, -0.1) is 0 Å². The van der Waals surface area contributed by atoms with Gasteiger partial charge in [0.05, 0.1) is 6.10 Å². The summed E-state index contributed by atoms with van der Waals surface area (Å²) in [6.07, 6.45) is 2.69. The summed E-state index contributed by atoms with van der Waals surface area (Å²) in [7, 11) is -3.82. The molecule has 0 saturated heterocycles. The van der Waals surface area contributed by atoms with Crippen molar-refractivity contribution in [1.82, 2.24) is 4.98 Å². The predicted molar refractivity (Wildman–Crippen MR) is 58.6 cm³/mol. The van der Waals surface area contributed by atoms with Crippen molar-refractivity contribution in [2.75, 3.05) is 0 Å². The first-order valence-corrected chi connectivity index (χ1v) is 6.74. The molecule has 1 aromatic heterocycles. The Morgan fingerprint density at radius 1 is 1.50 bits per heavy atom. The molecule has 0 aliphatic heterocycles. The lowest BCUT2D eigenvalue weighted by atomic mass is 10.3. The van der Waals surface area contributed by atoms with Crippen molar-refractivity contribution < 1.29 is 13.2 Å². The molecule has 88 valence electrons. The fourth-order valence-corrected chi connectivity index (χ4v) is 1.96. The molecular weight excluding hydrogens is 228 g/mol. The number of hydrogen-bond donors (Lipinski definition) is 1. The fourth-order valence-electron chi connectivity index (χ4n) is 1.32. The van der Waals surface area contributed by atoms with E-state index in [1.54, 1.807) is 12.1 Å². The molecule has 0 bridgehead atoms. The largest absolute Gasteiger partial charge is 0.487 e.